The SMILES string of the molecule is O=C(c1cc(Br)c(Br)s1)c1c[nH]c2c([N+](=O)[O-])cccc12. The quantitative estimate of drug-likeness (QED) is 0.365. The van der Waals surface area contributed by atoms with E-state index >= 15 is 0 Å². The van der Waals surface area contributed by atoms with E-state index < -0.39 is 4.92 Å². The molecule has 21 heavy (non-hydrogen) atoms. The van der Waals surface area contributed by atoms with E-state index in [4.69, 9.17) is 0 Å². The van der Waals surface area contributed by atoms with Gasteiger partial charge in [0.15, 0.2) is 0 Å². The highest BCUT2D eigenvalue weighted by Crippen LogP contribution is 2.35. The van der Waals surface area contributed by atoms with Gasteiger partial charge < -0.3 is 4.98 Å². The molecule has 0 spiro atoms. The molecule has 8 heteroatoms. The molecule has 0 saturated heterocycles. The first-order valence-electron chi connectivity index (χ1n) is 5.73. The molecule has 2 aromatic heterocycles. The molecule has 0 saturated carbocycles. The number of benzene rings is 1. The molecule has 2 heterocycles. The van der Waals surface area contributed by atoms with E-state index in [9.17, 15) is 14.9 Å². The van der Waals surface area contributed by atoms with Crippen LogP contribution in [0.3, 0.4) is 0 Å². The highest BCUT2D eigenvalue weighted by Gasteiger charge is 2.21. The maximum atomic E-state index is 12.5. The summed E-state index contributed by atoms with van der Waals surface area (Å²) in [5.74, 6) is -0.168. The molecule has 0 aliphatic heterocycles. The third-order valence-electron chi connectivity index (χ3n) is 3.00. The largest absolute Gasteiger partial charge is 0.355 e. The summed E-state index contributed by atoms with van der Waals surface area (Å²) in [7, 11) is 0. The van der Waals surface area contributed by atoms with Crippen molar-refractivity contribution in [3.8, 4) is 0 Å². The number of rotatable bonds is 3. The van der Waals surface area contributed by atoms with Crippen LogP contribution in [0.25, 0.3) is 10.9 Å². The van der Waals surface area contributed by atoms with Crippen molar-refractivity contribution in [3.05, 3.63) is 59.3 Å². The lowest BCUT2D eigenvalue weighted by atomic mass is 10.1. The normalized spacial score (nSPS) is 11.0. The van der Waals surface area contributed by atoms with Crippen LogP contribution in [-0.4, -0.2) is 15.7 Å². The standard InChI is InChI=1S/C13H6Br2N2O3S/c14-8-4-10(21-13(8)15)12(18)7-5-16-11-6(7)2-1-3-9(11)17(19)20/h1-5,16H. The zero-order valence-electron chi connectivity index (χ0n) is 10.2. The summed E-state index contributed by atoms with van der Waals surface area (Å²) in [6.45, 7) is 0. The number of nitro benzene ring substituents is 1. The van der Waals surface area contributed by atoms with E-state index in [1.807, 2.05) is 0 Å². The van der Waals surface area contributed by atoms with Gasteiger partial charge >= 0.3 is 0 Å². The van der Waals surface area contributed by atoms with E-state index in [2.05, 4.69) is 36.8 Å². The number of carbonyl (C=O) groups excluding carboxylic acids is 1. The number of fused-ring (bicyclic) bond motifs is 1. The number of para-hydroxylation sites is 1. The molecule has 1 N–H and O–H groups in total. The Hall–Kier alpha value is -1.51. The van der Waals surface area contributed by atoms with Crippen molar-refractivity contribution < 1.29 is 9.72 Å². The predicted molar refractivity (Wildman–Crippen MR) is 88.1 cm³/mol. The number of nitro groups is 1. The fourth-order valence-corrected chi connectivity index (χ4v) is 4.06. The van der Waals surface area contributed by atoms with Crippen LogP contribution in [0.5, 0.6) is 0 Å². The van der Waals surface area contributed by atoms with Crippen molar-refractivity contribution in [1.82, 2.24) is 4.98 Å². The van der Waals surface area contributed by atoms with Crippen LogP contribution in [-0.2, 0) is 0 Å². The number of nitrogens with one attached hydrogen (secondary N) is 1. The number of non-ortho nitro benzene ring substituents is 1. The number of halogens is 2. The van der Waals surface area contributed by atoms with Gasteiger partial charge in [0.05, 0.1) is 13.6 Å². The van der Waals surface area contributed by atoms with E-state index in [-0.39, 0.29) is 11.5 Å². The van der Waals surface area contributed by atoms with Gasteiger partial charge in [-0.25, -0.2) is 0 Å². The van der Waals surface area contributed by atoms with Crippen molar-refractivity contribution in [2.45, 2.75) is 0 Å². The van der Waals surface area contributed by atoms with Gasteiger partial charge in [-0.3, -0.25) is 14.9 Å². The summed E-state index contributed by atoms with van der Waals surface area (Å²) < 4.78 is 1.64. The van der Waals surface area contributed by atoms with Crippen molar-refractivity contribution in [2.75, 3.05) is 0 Å². The minimum Gasteiger partial charge on any atom is -0.355 e. The van der Waals surface area contributed by atoms with Gasteiger partial charge in [-0.05, 0) is 37.9 Å². The number of hydrogen-bond donors (Lipinski definition) is 1. The maximum absolute atomic E-state index is 12.5. The van der Waals surface area contributed by atoms with E-state index in [0.29, 0.717) is 21.3 Å². The summed E-state index contributed by atoms with van der Waals surface area (Å²) in [4.78, 5) is 26.5. The maximum Gasteiger partial charge on any atom is 0.293 e. The zero-order chi connectivity index (χ0) is 15.1. The van der Waals surface area contributed by atoms with Gasteiger partial charge in [0.1, 0.15) is 5.52 Å². The van der Waals surface area contributed by atoms with Crippen LogP contribution in [0.2, 0.25) is 0 Å². The number of nitrogens with zero attached hydrogens (tertiary/aromatic N) is 1. The Kier molecular flexibility index (Phi) is 3.68. The van der Waals surface area contributed by atoms with E-state index in [0.717, 1.165) is 8.26 Å². The lowest BCUT2D eigenvalue weighted by Gasteiger charge is -1.96. The number of carbonyl (C=O) groups is 1. The van der Waals surface area contributed by atoms with Crippen LogP contribution in [0.4, 0.5) is 5.69 Å². The topological polar surface area (TPSA) is 76.0 Å². The van der Waals surface area contributed by atoms with Crippen LogP contribution in [0.15, 0.2) is 38.7 Å². The average Bonchev–Trinajstić information content (AvgIpc) is 3.02. The van der Waals surface area contributed by atoms with Crippen LogP contribution in [0, 0.1) is 10.1 Å². The first kappa shape index (κ1) is 14.4. The van der Waals surface area contributed by atoms with Gasteiger partial charge in [-0.2, -0.15) is 0 Å². The lowest BCUT2D eigenvalue weighted by Crippen LogP contribution is -1.97. The summed E-state index contributed by atoms with van der Waals surface area (Å²) in [6.07, 6.45) is 1.52. The molecule has 0 fully saturated rings. The number of aromatic amines is 1. The molecule has 0 bridgehead atoms. The summed E-state index contributed by atoms with van der Waals surface area (Å²) in [6, 6.07) is 6.41. The Labute approximate surface area is 139 Å². The Morgan fingerprint density at radius 1 is 1.33 bits per heavy atom. The molecule has 0 atom stereocenters. The third kappa shape index (κ3) is 2.43. The fraction of sp³-hybridized carbons (Fsp3) is 0. The highest BCUT2D eigenvalue weighted by atomic mass is 79.9. The Bertz CT molecular complexity index is 865. The highest BCUT2D eigenvalue weighted by molar-refractivity contribution is 9.13. The predicted octanol–water partition coefficient (Wildman–Crippen LogP) is 4.89. The van der Waals surface area contributed by atoms with Crippen LogP contribution < -0.4 is 0 Å². The first-order chi connectivity index (χ1) is 9.99. The molecule has 0 unspecified atom stereocenters. The Morgan fingerprint density at radius 2 is 2.10 bits per heavy atom. The molecule has 0 radical (unpaired) electrons. The number of ketones is 1. The lowest BCUT2D eigenvalue weighted by molar-refractivity contribution is -0.383. The molecule has 0 aliphatic carbocycles. The summed E-state index contributed by atoms with van der Waals surface area (Å²) >= 11 is 8.00. The van der Waals surface area contributed by atoms with Crippen molar-refractivity contribution in [1.29, 1.82) is 0 Å². The zero-order valence-corrected chi connectivity index (χ0v) is 14.2. The number of H-pyrrole nitrogens is 1. The van der Waals surface area contributed by atoms with Gasteiger partial charge in [0.25, 0.3) is 5.69 Å². The van der Waals surface area contributed by atoms with Crippen LogP contribution >= 0.6 is 43.2 Å². The van der Waals surface area contributed by atoms with Crippen LogP contribution in [0.1, 0.15) is 15.2 Å². The van der Waals surface area contributed by atoms with E-state index in [1.165, 1.54) is 23.6 Å². The van der Waals surface area contributed by atoms with Crippen molar-refractivity contribution in [3.63, 3.8) is 0 Å². The smallest absolute Gasteiger partial charge is 0.293 e. The number of thiophene rings is 1. The number of hydrogen-bond acceptors (Lipinski definition) is 4. The second-order valence-corrected chi connectivity index (χ2v) is 7.45. The van der Waals surface area contributed by atoms with Gasteiger partial charge in [0.2, 0.25) is 5.78 Å². The summed E-state index contributed by atoms with van der Waals surface area (Å²) in [5.41, 5.74) is 0.746. The second kappa shape index (κ2) is 5.36. The van der Waals surface area contributed by atoms with Gasteiger partial charge in [0, 0.05) is 27.7 Å². The van der Waals surface area contributed by atoms with Gasteiger partial charge in [-0.15, -0.1) is 11.3 Å². The Morgan fingerprint density at radius 3 is 2.71 bits per heavy atom. The molecule has 3 aromatic rings. The molecule has 0 aliphatic rings. The van der Waals surface area contributed by atoms with Crippen molar-refractivity contribution >= 4 is 65.6 Å². The van der Waals surface area contributed by atoms with Crippen molar-refractivity contribution in [2.24, 2.45) is 0 Å². The fourth-order valence-electron chi connectivity index (χ4n) is 2.07. The second-order valence-electron chi connectivity index (χ2n) is 4.22. The summed E-state index contributed by atoms with van der Waals surface area (Å²) in [5, 5.41) is 11.6. The minimum absolute atomic E-state index is 0.0416. The molecule has 106 valence electrons. The molecular weight excluding hydrogens is 424 g/mol. The molecular formula is C13H6Br2N2O3S. The molecule has 1 aromatic carbocycles. The Balaban J connectivity index is 2.15. The number of aromatic nitrogens is 1. The molecule has 0 amide bonds. The van der Waals surface area contributed by atoms with Gasteiger partial charge in [-0.1, -0.05) is 12.1 Å². The molecule has 3 rings (SSSR count). The monoisotopic (exact) mass is 428 g/mol. The minimum atomic E-state index is -0.467. The first-order valence-corrected chi connectivity index (χ1v) is 8.13. The molecule has 5 nitrogen and oxygen atoms in total. The average molecular weight is 430 g/mol. The third-order valence-corrected chi connectivity index (χ3v) is 6.26. The van der Waals surface area contributed by atoms with E-state index in [1.54, 1.807) is 18.2 Å².